The van der Waals surface area contributed by atoms with Crippen LogP contribution in [-0.2, 0) is 11.3 Å². The zero-order valence-corrected chi connectivity index (χ0v) is 20.2. The topological polar surface area (TPSA) is 95.1 Å². The Kier molecular flexibility index (Phi) is 6.57. The summed E-state index contributed by atoms with van der Waals surface area (Å²) in [6, 6.07) is 14.0. The Morgan fingerprint density at radius 2 is 1.94 bits per heavy atom. The van der Waals surface area contributed by atoms with Crippen LogP contribution in [0.4, 0.5) is 0 Å². The number of ether oxygens (including phenoxy) is 1. The number of hydrogen-bond donors (Lipinski definition) is 1. The molecular weight excluding hydrogens is 442 g/mol. The smallest absolute Gasteiger partial charge is 0.250 e. The van der Waals surface area contributed by atoms with Gasteiger partial charge in [-0.1, -0.05) is 29.4 Å². The van der Waals surface area contributed by atoms with Crippen LogP contribution in [-0.4, -0.2) is 38.9 Å². The summed E-state index contributed by atoms with van der Waals surface area (Å²) in [4.78, 5) is 21.5. The van der Waals surface area contributed by atoms with Crippen LogP contribution >= 0.6 is 0 Å². The molecule has 35 heavy (non-hydrogen) atoms. The predicted octanol–water partition coefficient (Wildman–Crippen LogP) is 4.64. The molecule has 0 unspecified atom stereocenters. The van der Waals surface area contributed by atoms with E-state index in [1.165, 1.54) is 5.56 Å². The third-order valence-corrected chi connectivity index (χ3v) is 6.26. The van der Waals surface area contributed by atoms with Crippen molar-refractivity contribution in [3.8, 4) is 34.0 Å². The summed E-state index contributed by atoms with van der Waals surface area (Å²) in [6.07, 6.45) is 4.59. The van der Waals surface area contributed by atoms with Crippen molar-refractivity contribution in [3.05, 3.63) is 76.5 Å². The number of nitrogens with zero attached hydrogens (tertiary/aromatic N) is 4. The van der Waals surface area contributed by atoms with Gasteiger partial charge >= 0.3 is 0 Å². The molecule has 1 aliphatic rings. The molecule has 0 amide bonds. The van der Waals surface area contributed by atoms with E-state index in [-0.39, 0.29) is 13.0 Å². The van der Waals surface area contributed by atoms with Gasteiger partial charge in [0.15, 0.2) is 5.76 Å². The Balaban J connectivity index is 0.00000304. The molecule has 1 N–H and O–H groups in total. The van der Waals surface area contributed by atoms with Crippen LogP contribution in [0.25, 0.3) is 34.0 Å². The van der Waals surface area contributed by atoms with Crippen LogP contribution in [0.15, 0.2) is 64.2 Å². The fraction of sp³-hybridized carbons (Fsp3) is 0.333. The molecule has 1 fully saturated rings. The summed E-state index contributed by atoms with van der Waals surface area (Å²) in [6.45, 7) is 8.26. The molecule has 4 aromatic rings. The van der Waals surface area contributed by atoms with Gasteiger partial charge in [0.1, 0.15) is 11.4 Å². The van der Waals surface area contributed by atoms with Crippen LogP contribution in [0.5, 0.6) is 0 Å². The number of nitrogens with one attached hydrogen (secondary N) is 1. The molecule has 0 spiro atoms. The first kappa shape index (κ1) is 23.1. The number of benzene rings is 1. The van der Waals surface area contributed by atoms with Crippen molar-refractivity contribution in [2.45, 2.75) is 45.8 Å². The minimum absolute atomic E-state index is 0. The van der Waals surface area contributed by atoms with Crippen molar-refractivity contribution in [1.82, 2.24) is 25.0 Å². The number of aromatic nitrogens is 4. The van der Waals surface area contributed by atoms with Gasteiger partial charge in [-0.25, -0.2) is 4.98 Å². The maximum atomic E-state index is 12.1. The normalized spacial score (nSPS) is 15.7. The molecule has 1 atom stereocenters. The van der Waals surface area contributed by atoms with Gasteiger partial charge in [0.25, 0.3) is 5.56 Å². The SMILES string of the molecule is Cc1ncc(-c2ccc(=O)n(C(C)C)c2)nc1-c1cc(-c2ccc(CN[C@H]3CCOC3)cc2)no1.[HH]. The summed E-state index contributed by atoms with van der Waals surface area (Å²) in [5, 5.41) is 7.80. The van der Waals surface area contributed by atoms with Gasteiger partial charge in [0.05, 0.1) is 24.2 Å². The zero-order valence-electron chi connectivity index (χ0n) is 20.2. The fourth-order valence-electron chi connectivity index (χ4n) is 4.15. The van der Waals surface area contributed by atoms with Gasteiger partial charge in [-0.3, -0.25) is 9.78 Å². The minimum atomic E-state index is -0.0433. The fourth-order valence-corrected chi connectivity index (χ4v) is 4.15. The quantitative estimate of drug-likeness (QED) is 0.418. The molecule has 1 aliphatic heterocycles. The molecule has 4 heterocycles. The van der Waals surface area contributed by atoms with Gasteiger partial charge in [-0.15, -0.1) is 0 Å². The molecule has 0 bridgehead atoms. The molecule has 1 aromatic carbocycles. The largest absolute Gasteiger partial charge is 0.380 e. The van der Waals surface area contributed by atoms with E-state index in [1.807, 2.05) is 45.2 Å². The Hall–Kier alpha value is -3.62. The average Bonchev–Trinajstić information content (AvgIpc) is 3.56. The highest BCUT2D eigenvalue weighted by atomic mass is 16.5. The molecule has 0 saturated carbocycles. The molecule has 8 nitrogen and oxygen atoms in total. The second-order valence-corrected chi connectivity index (χ2v) is 9.16. The van der Waals surface area contributed by atoms with E-state index < -0.39 is 0 Å². The van der Waals surface area contributed by atoms with Crippen LogP contribution < -0.4 is 10.9 Å². The van der Waals surface area contributed by atoms with Crippen LogP contribution in [0.3, 0.4) is 0 Å². The molecule has 3 aromatic heterocycles. The lowest BCUT2D eigenvalue weighted by molar-refractivity contribution is 0.190. The lowest BCUT2D eigenvalue weighted by Crippen LogP contribution is -2.28. The number of rotatable bonds is 7. The van der Waals surface area contributed by atoms with Crippen molar-refractivity contribution in [2.75, 3.05) is 13.2 Å². The van der Waals surface area contributed by atoms with Crippen molar-refractivity contribution >= 4 is 0 Å². The maximum absolute atomic E-state index is 12.1. The van der Waals surface area contributed by atoms with Crippen molar-refractivity contribution < 1.29 is 10.7 Å². The van der Waals surface area contributed by atoms with Gasteiger partial charge in [0, 0.05) is 56.1 Å². The monoisotopic (exact) mass is 473 g/mol. The first-order valence-corrected chi connectivity index (χ1v) is 11.9. The molecule has 8 heteroatoms. The van der Waals surface area contributed by atoms with Crippen LogP contribution in [0, 0.1) is 6.92 Å². The number of aryl methyl sites for hydroxylation is 1. The van der Waals surface area contributed by atoms with Gasteiger partial charge < -0.3 is 19.1 Å². The Bertz CT molecular complexity index is 1370. The Morgan fingerprint density at radius 1 is 1.14 bits per heavy atom. The molecule has 1 saturated heterocycles. The van der Waals surface area contributed by atoms with Gasteiger partial charge in [-0.2, -0.15) is 0 Å². The molecule has 0 radical (unpaired) electrons. The number of hydrogen-bond acceptors (Lipinski definition) is 7. The highest BCUT2D eigenvalue weighted by molar-refractivity contribution is 5.68. The predicted molar refractivity (Wildman–Crippen MR) is 136 cm³/mol. The van der Waals surface area contributed by atoms with E-state index >= 15 is 0 Å². The molecule has 182 valence electrons. The van der Waals surface area contributed by atoms with Crippen molar-refractivity contribution in [3.63, 3.8) is 0 Å². The molecular formula is C27H31N5O3. The Labute approximate surface area is 205 Å². The molecule has 0 aliphatic carbocycles. The van der Waals surface area contributed by atoms with E-state index in [4.69, 9.17) is 14.2 Å². The summed E-state index contributed by atoms with van der Waals surface area (Å²) in [7, 11) is 0. The maximum Gasteiger partial charge on any atom is 0.250 e. The average molecular weight is 474 g/mol. The van der Waals surface area contributed by atoms with Crippen LogP contribution in [0.1, 0.15) is 39.0 Å². The molecule has 5 rings (SSSR count). The van der Waals surface area contributed by atoms with E-state index in [0.29, 0.717) is 23.2 Å². The first-order valence-electron chi connectivity index (χ1n) is 11.9. The number of pyridine rings is 1. The summed E-state index contributed by atoms with van der Waals surface area (Å²) < 4.78 is 12.8. The third kappa shape index (κ3) is 5.08. The third-order valence-electron chi connectivity index (χ3n) is 6.26. The van der Waals surface area contributed by atoms with E-state index in [0.717, 1.165) is 48.7 Å². The van der Waals surface area contributed by atoms with E-state index in [9.17, 15) is 4.79 Å². The highest BCUT2D eigenvalue weighted by Crippen LogP contribution is 2.28. The van der Waals surface area contributed by atoms with Gasteiger partial charge in [-0.05, 0) is 38.8 Å². The highest BCUT2D eigenvalue weighted by Gasteiger charge is 2.16. The zero-order chi connectivity index (χ0) is 24.4. The standard InChI is InChI=1S/C27H29N5O3.H2/c1-17(2)32-15-21(8-9-26(32)33)24-14-28-18(3)27(30-24)25-12-23(31-35-25)20-6-4-19(5-7-20)13-29-22-10-11-34-16-22;/h4-9,12,14-15,17,22,29H,10-11,13,16H2,1-3H3;1H/t22-;/m0./s1. The lowest BCUT2D eigenvalue weighted by Gasteiger charge is -2.11. The van der Waals surface area contributed by atoms with E-state index in [1.54, 1.807) is 22.9 Å². The van der Waals surface area contributed by atoms with Gasteiger partial charge in [0.2, 0.25) is 0 Å². The summed E-state index contributed by atoms with van der Waals surface area (Å²) >= 11 is 0. The van der Waals surface area contributed by atoms with E-state index in [2.05, 4.69) is 27.6 Å². The Morgan fingerprint density at radius 3 is 2.69 bits per heavy atom. The first-order chi connectivity index (χ1) is 17.0. The summed E-state index contributed by atoms with van der Waals surface area (Å²) in [5.41, 5.74) is 5.74. The van der Waals surface area contributed by atoms with Crippen molar-refractivity contribution in [2.24, 2.45) is 0 Å². The van der Waals surface area contributed by atoms with Crippen molar-refractivity contribution in [1.29, 1.82) is 0 Å². The second kappa shape index (κ2) is 9.93. The second-order valence-electron chi connectivity index (χ2n) is 9.16. The summed E-state index contributed by atoms with van der Waals surface area (Å²) in [5.74, 6) is 0.552. The lowest BCUT2D eigenvalue weighted by atomic mass is 10.1. The van der Waals surface area contributed by atoms with Crippen LogP contribution in [0.2, 0.25) is 0 Å². The minimum Gasteiger partial charge on any atom is -0.380 e.